The second kappa shape index (κ2) is 14.5. The van der Waals surface area contributed by atoms with Gasteiger partial charge < -0.3 is 37.5 Å². The Hall–Kier alpha value is -1.91. The van der Waals surface area contributed by atoms with E-state index in [9.17, 15) is 9.90 Å². The number of carbonyl (C=O) groups excluding carboxylic acids is 1. The minimum Gasteiger partial charge on any atom is -1.00 e. The average molecular weight is 621 g/mol. The van der Waals surface area contributed by atoms with Crippen LogP contribution in [0.4, 0.5) is 22.1 Å². The molecule has 1 amide bonds. The normalized spacial score (nSPS) is 35.4. The van der Waals surface area contributed by atoms with Gasteiger partial charge in [-0.05, 0) is 99.9 Å². The summed E-state index contributed by atoms with van der Waals surface area (Å²) in [5.74, 6) is 4.13. The lowest BCUT2D eigenvalue weighted by molar-refractivity contribution is -0.621. The van der Waals surface area contributed by atoms with E-state index in [-0.39, 0.29) is 18.5 Å². The lowest BCUT2D eigenvalue weighted by Gasteiger charge is -2.58. The summed E-state index contributed by atoms with van der Waals surface area (Å²) < 4.78 is 14.8. The predicted molar refractivity (Wildman–Crippen MR) is 163 cm³/mol. The first-order valence-electron chi connectivity index (χ1n) is 16.2. The third kappa shape index (κ3) is 7.17. The van der Waals surface area contributed by atoms with E-state index >= 15 is 0 Å². The van der Waals surface area contributed by atoms with Gasteiger partial charge in [-0.1, -0.05) is 25.5 Å². The molecule has 4 aliphatic carbocycles. The van der Waals surface area contributed by atoms with Gasteiger partial charge in [0.05, 0.1) is 50.9 Å². The zero-order valence-corrected chi connectivity index (χ0v) is 27.2. The first kappa shape index (κ1) is 34.0. The fourth-order valence-electron chi connectivity index (χ4n) is 9.34. The zero-order valence-electron chi connectivity index (χ0n) is 26.4. The monoisotopic (exact) mass is 620 g/mol. The number of amides is 1. The largest absolute Gasteiger partial charge is 1.00 e. The molecule has 1 aromatic rings. The van der Waals surface area contributed by atoms with Crippen molar-refractivity contribution in [2.75, 3.05) is 44.1 Å². The number of nitrogen functional groups attached to an aromatic ring is 1. The van der Waals surface area contributed by atoms with Crippen molar-refractivity contribution in [1.82, 2.24) is 4.98 Å². The van der Waals surface area contributed by atoms with E-state index in [1.165, 1.54) is 32.1 Å². The molecule has 0 spiro atoms. The molecule has 6 rings (SSSR count). The minimum atomic E-state index is -0.514. The molecule has 1 aromatic heterocycles. The van der Waals surface area contributed by atoms with Crippen molar-refractivity contribution in [3.05, 3.63) is 23.8 Å². The van der Waals surface area contributed by atoms with Gasteiger partial charge in [0, 0.05) is 12.0 Å². The molecule has 1 aliphatic heterocycles. The van der Waals surface area contributed by atoms with Crippen LogP contribution in [0.5, 0.6) is 0 Å². The fraction of sp³-hybridized carbons (Fsp3) is 0.758. The number of nitrogens with zero attached hydrogens (tertiary/aromatic N) is 1. The second-order valence-electron chi connectivity index (χ2n) is 13.6. The van der Waals surface area contributed by atoms with Gasteiger partial charge in [-0.2, -0.15) is 4.98 Å². The Kier molecular flexibility index (Phi) is 11.4. The quantitative estimate of drug-likeness (QED) is 0.369. The van der Waals surface area contributed by atoms with Crippen LogP contribution in [0.3, 0.4) is 0 Å². The summed E-state index contributed by atoms with van der Waals surface area (Å²) in [6.07, 6.45) is 11.3. The number of halogens is 1. The number of ether oxygens (including phenoxy) is 3. The second-order valence-corrected chi connectivity index (χ2v) is 13.6. The van der Waals surface area contributed by atoms with E-state index in [1.54, 1.807) is 12.5 Å². The molecule has 6 N–H and O–H groups in total. The summed E-state index contributed by atoms with van der Waals surface area (Å²) in [6.45, 7) is 12.6. The van der Waals surface area contributed by atoms with Crippen LogP contribution in [-0.4, -0.2) is 61.4 Å². The number of aromatic nitrogens is 1. The zero-order chi connectivity index (χ0) is 29.9. The molecule has 0 aromatic carbocycles. The molecule has 0 radical (unpaired) electrons. The molecule has 10 heteroatoms. The number of carbonyl (C=O) groups is 1. The number of aliphatic hydroxyl groups excluding tert-OH is 1. The van der Waals surface area contributed by atoms with Crippen LogP contribution in [0.1, 0.15) is 79.1 Å². The summed E-state index contributed by atoms with van der Waals surface area (Å²) in [7, 11) is 0. The van der Waals surface area contributed by atoms with Gasteiger partial charge in [0.15, 0.2) is 5.82 Å². The first-order chi connectivity index (χ1) is 20.2. The number of quaternary nitrogens is 1. The third-order valence-electron chi connectivity index (χ3n) is 11.4. The highest BCUT2D eigenvalue weighted by Crippen LogP contribution is 2.66. The Bertz CT molecular complexity index is 1120. The number of fused-ring (bicyclic) bond motifs is 5. The van der Waals surface area contributed by atoms with Crippen LogP contribution < -0.4 is 28.8 Å². The topological polar surface area (TPSA) is 133 Å². The van der Waals surface area contributed by atoms with Gasteiger partial charge in [-0.25, -0.2) is 4.79 Å². The van der Waals surface area contributed by atoms with Crippen LogP contribution in [0.25, 0.3) is 0 Å². The van der Waals surface area contributed by atoms with Gasteiger partial charge in [-0.3, -0.25) is 10.6 Å². The minimum absolute atomic E-state index is 0. The van der Waals surface area contributed by atoms with Gasteiger partial charge in [-0.15, -0.1) is 0 Å². The number of hydrogen-bond acceptors (Lipinski definition) is 7. The van der Waals surface area contributed by atoms with Crippen molar-refractivity contribution in [3.63, 3.8) is 0 Å². The molecule has 4 fully saturated rings. The molecule has 8 atom stereocenters. The Morgan fingerprint density at radius 1 is 1.14 bits per heavy atom. The van der Waals surface area contributed by atoms with Crippen molar-refractivity contribution in [1.29, 1.82) is 0 Å². The van der Waals surface area contributed by atoms with Gasteiger partial charge >= 0.3 is 6.09 Å². The number of rotatable bonds is 5. The predicted octanol–water partition coefficient (Wildman–Crippen LogP) is 1.79. The van der Waals surface area contributed by atoms with Crippen LogP contribution in [0, 0.1) is 34.5 Å². The molecular formula is C33H53ClN4O5. The van der Waals surface area contributed by atoms with Crippen molar-refractivity contribution in [2.24, 2.45) is 34.5 Å². The fourth-order valence-corrected chi connectivity index (χ4v) is 9.34. The number of nitrogens with two attached hydrogens (primary N) is 2. The number of pyridine rings is 1. The first-order valence-corrected chi connectivity index (χ1v) is 16.2. The smallest absolute Gasteiger partial charge is 0.411 e. The van der Waals surface area contributed by atoms with Crippen molar-refractivity contribution in [3.8, 4) is 0 Å². The molecule has 43 heavy (non-hydrogen) atoms. The molecule has 1 saturated heterocycles. The molecule has 242 valence electrons. The summed E-state index contributed by atoms with van der Waals surface area (Å²) in [5.41, 5.74) is 8.83. The summed E-state index contributed by atoms with van der Waals surface area (Å²) >= 11 is 0. The summed E-state index contributed by atoms with van der Waals surface area (Å²) in [6, 6.07) is 4.16. The van der Waals surface area contributed by atoms with E-state index in [0.29, 0.717) is 40.9 Å². The average Bonchev–Trinajstić information content (AvgIpc) is 3.34. The van der Waals surface area contributed by atoms with Crippen LogP contribution >= 0.6 is 0 Å². The Morgan fingerprint density at radius 3 is 2.51 bits per heavy atom. The van der Waals surface area contributed by atoms with Crippen molar-refractivity contribution >= 4 is 23.4 Å². The van der Waals surface area contributed by atoms with Crippen molar-refractivity contribution < 1.29 is 41.8 Å². The van der Waals surface area contributed by atoms with E-state index in [4.69, 9.17) is 19.9 Å². The lowest BCUT2D eigenvalue weighted by Crippen LogP contribution is -3.00. The maximum Gasteiger partial charge on any atom is 0.411 e. The van der Waals surface area contributed by atoms with Crippen LogP contribution in [0.15, 0.2) is 23.8 Å². The van der Waals surface area contributed by atoms with E-state index < -0.39 is 6.09 Å². The molecule has 0 bridgehead atoms. The SMILES string of the molecule is C1COCCO1.CCOC(=O)Nc1ccc([NH2+]C(C)C2CCC3C4CC=C5CC(O)CCC5(C)C4CCC23C)nc1N.[Cl-]. The standard InChI is InChI=1S/C29H44N4O3.C4H8O2.ClH/c1-5-36-27(35)32-24-10-11-25(33-26(24)30)31-17(2)21-8-9-22-20-7-6-18-16-19(34)12-14-28(18,3)23(20)13-15-29(21,22)4;1-2-6-4-3-5-1;/h6,10-11,17,19-23,34H,5,7-9,12-16H2,1-4H3,(H,32,35)(H3,30,31,33);1-4H2;1H. The number of anilines is 2. The van der Waals surface area contributed by atoms with Crippen LogP contribution in [0.2, 0.25) is 0 Å². The van der Waals surface area contributed by atoms with E-state index in [1.807, 2.05) is 12.1 Å². The number of hydrogen-bond donors (Lipinski definition) is 4. The van der Waals surface area contributed by atoms with Crippen molar-refractivity contribution in [2.45, 2.75) is 91.2 Å². The highest BCUT2D eigenvalue weighted by Gasteiger charge is 2.59. The molecule has 5 aliphatic rings. The maximum absolute atomic E-state index is 11.7. The molecule has 2 heterocycles. The van der Waals surface area contributed by atoms with Gasteiger partial charge in [0.25, 0.3) is 0 Å². The molecular weight excluding hydrogens is 568 g/mol. The Balaban J connectivity index is 0.000000541. The highest BCUT2D eigenvalue weighted by molar-refractivity contribution is 5.88. The summed E-state index contributed by atoms with van der Waals surface area (Å²) in [4.78, 5) is 16.3. The number of allylic oxidation sites excluding steroid dienone is 1. The van der Waals surface area contributed by atoms with Gasteiger partial charge in [0.2, 0.25) is 5.82 Å². The van der Waals surface area contributed by atoms with E-state index in [2.05, 4.69) is 42.5 Å². The molecule has 9 nitrogen and oxygen atoms in total. The maximum atomic E-state index is 11.7. The highest BCUT2D eigenvalue weighted by atomic mass is 35.5. The molecule has 3 saturated carbocycles. The summed E-state index contributed by atoms with van der Waals surface area (Å²) in [5, 5.41) is 15.2. The molecule has 8 unspecified atom stereocenters. The lowest BCUT2D eigenvalue weighted by atomic mass is 9.47. The Labute approximate surface area is 263 Å². The van der Waals surface area contributed by atoms with Crippen LogP contribution in [-0.2, 0) is 14.2 Å². The van der Waals surface area contributed by atoms with Gasteiger partial charge in [0.1, 0.15) is 0 Å². The van der Waals surface area contributed by atoms with E-state index in [0.717, 1.165) is 69.3 Å². The number of nitrogens with one attached hydrogen (secondary N) is 1. The third-order valence-corrected chi connectivity index (χ3v) is 11.4. The Morgan fingerprint density at radius 2 is 1.86 bits per heavy atom. The number of aliphatic hydroxyl groups is 1.